The number of hydrogen-bond donors (Lipinski definition) is 1. The van der Waals surface area contributed by atoms with Crippen LogP contribution in [0, 0.1) is 5.41 Å². The molecule has 5 heteroatoms. The minimum Gasteiger partial charge on any atom is -0.312 e. The fraction of sp³-hybridized carbons (Fsp3) is 1.00. The van der Waals surface area contributed by atoms with Crippen LogP contribution in [0.4, 0.5) is 0 Å². The zero-order valence-electron chi connectivity index (χ0n) is 13.2. The van der Waals surface area contributed by atoms with E-state index in [2.05, 4.69) is 26.1 Å². The second kappa shape index (κ2) is 6.32. The smallest absolute Gasteiger partial charge is 0.214 e. The Balaban J connectivity index is 2.06. The Hall–Kier alpha value is -0.130. The summed E-state index contributed by atoms with van der Waals surface area (Å²) in [6, 6.07) is 0.566. The molecule has 0 saturated carbocycles. The van der Waals surface area contributed by atoms with Crippen LogP contribution in [-0.4, -0.2) is 43.6 Å². The van der Waals surface area contributed by atoms with E-state index in [4.69, 9.17) is 0 Å². The van der Waals surface area contributed by atoms with Crippen molar-refractivity contribution in [3.8, 4) is 0 Å². The van der Waals surface area contributed by atoms with Gasteiger partial charge in [0.2, 0.25) is 10.0 Å². The molecule has 2 fully saturated rings. The van der Waals surface area contributed by atoms with Crippen molar-refractivity contribution in [1.29, 1.82) is 0 Å². The van der Waals surface area contributed by atoms with E-state index in [1.807, 2.05) is 4.31 Å². The maximum atomic E-state index is 12.7. The van der Waals surface area contributed by atoms with E-state index in [1.165, 1.54) is 6.42 Å². The van der Waals surface area contributed by atoms with Crippen LogP contribution in [0.1, 0.15) is 59.3 Å². The summed E-state index contributed by atoms with van der Waals surface area (Å²) in [5.74, 6) is 0.291. The van der Waals surface area contributed by atoms with Gasteiger partial charge in [-0.15, -0.1) is 0 Å². The van der Waals surface area contributed by atoms with Crippen molar-refractivity contribution in [1.82, 2.24) is 9.62 Å². The summed E-state index contributed by atoms with van der Waals surface area (Å²) in [5, 5.41) is 3.49. The number of hydrogen-bond acceptors (Lipinski definition) is 3. The average molecular weight is 302 g/mol. The van der Waals surface area contributed by atoms with Crippen molar-refractivity contribution in [3.05, 3.63) is 0 Å². The topological polar surface area (TPSA) is 49.4 Å². The lowest BCUT2D eigenvalue weighted by molar-refractivity contribution is 0.210. The first-order valence-electron chi connectivity index (χ1n) is 8.02. The third-order valence-corrected chi connectivity index (χ3v) is 6.42. The highest BCUT2D eigenvalue weighted by atomic mass is 32.2. The molecule has 1 N–H and O–H groups in total. The molecular weight excluding hydrogens is 272 g/mol. The summed E-state index contributed by atoms with van der Waals surface area (Å²) < 4.78 is 27.2. The molecule has 2 saturated heterocycles. The summed E-state index contributed by atoms with van der Waals surface area (Å²) in [6.45, 7) is 8.07. The molecule has 2 aliphatic rings. The molecule has 0 aromatic rings. The lowest BCUT2D eigenvalue weighted by atomic mass is 9.94. The zero-order chi connectivity index (χ0) is 14.8. The molecule has 0 bridgehead atoms. The molecule has 0 radical (unpaired) electrons. The van der Waals surface area contributed by atoms with Crippen molar-refractivity contribution < 1.29 is 8.42 Å². The Morgan fingerprint density at radius 3 is 2.50 bits per heavy atom. The molecule has 0 aromatic heterocycles. The molecule has 2 heterocycles. The Bertz CT molecular complexity index is 408. The SMILES string of the molecule is CC(C)(C)CCS(=O)(=O)N1CCCCC1C1CCCN1. The van der Waals surface area contributed by atoms with Gasteiger partial charge in [0.05, 0.1) is 5.75 Å². The first-order valence-corrected chi connectivity index (χ1v) is 9.63. The number of nitrogens with zero attached hydrogens (tertiary/aromatic N) is 1. The first kappa shape index (κ1) is 16.2. The van der Waals surface area contributed by atoms with Crippen LogP contribution in [0.2, 0.25) is 0 Å². The Morgan fingerprint density at radius 1 is 1.15 bits per heavy atom. The van der Waals surface area contributed by atoms with Crippen molar-refractivity contribution in [2.24, 2.45) is 5.41 Å². The Morgan fingerprint density at radius 2 is 1.90 bits per heavy atom. The van der Waals surface area contributed by atoms with E-state index in [0.717, 1.165) is 45.2 Å². The molecule has 0 spiro atoms. The van der Waals surface area contributed by atoms with Gasteiger partial charge in [-0.05, 0) is 44.1 Å². The summed E-state index contributed by atoms with van der Waals surface area (Å²) in [4.78, 5) is 0. The Labute approximate surface area is 124 Å². The van der Waals surface area contributed by atoms with Gasteiger partial charge in [0.15, 0.2) is 0 Å². The van der Waals surface area contributed by atoms with Gasteiger partial charge in [-0.25, -0.2) is 8.42 Å². The van der Waals surface area contributed by atoms with Crippen molar-refractivity contribution >= 4 is 10.0 Å². The molecule has 0 aromatic carbocycles. The van der Waals surface area contributed by atoms with Crippen molar-refractivity contribution in [3.63, 3.8) is 0 Å². The molecule has 20 heavy (non-hydrogen) atoms. The monoisotopic (exact) mass is 302 g/mol. The molecule has 0 amide bonds. The highest BCUT2D eigenvalue weighted by molar-refractivity contribution is 7.89. The third-order valence-electron chi connectivity index (χ3n) is 4.53. The van der Waals surface area contributed by atoms with Crippen LogP contribution in [0.3, 0.4) is 0 Å². The predicted molar refractivity (Wildman–Crippen MR) is 83.2 cm³/mol. The molecular formula is C15H30N2O2S. The fourth-order valence-electron chi connectivity index (χ4n) is 3.27. The van der Waals surface area contributed by atoms with E-state index in [9.17, 15) is 8.42 Å². The average Bonchev–Trinajstić information content (AvgIpc) is 2.90. The van der Waals surface area contributed by atoms with Crippen LogP contribution in [-0.2, 0) is 10.0 Å². The standard InChI is InChI=1S/C15H30N2O2S/c1-15(2,3)9-12-20(18,19)17-11-5-4-8-14(17)13-7-6-10-16-13/h13-14,16H,4-12H2,1-3H3. The summed E-state index contributed by atoms with van der Waals surface area (Å²) in [7, 11) is -3.11. The third kappa shape index (κ3) is 4.18. The van der Waals surface area contributed by atoms with E-state index in [-0.39, 0.29) is 11.5 Å². The van der Waals surface area contributed by atoms with Crippen LogP contribution in [0.25, 0.3) is 0 Å². The fourth-order valence-corrected chi connectivity index (χ4v) is 5.45. The molecule has 118 valence electrons. The summed E-state index contributed by atoms with van der Waals surface area (Å²) in [5.41, 5.74) is 0.0734. The zero-order valence-corrected chi connectivity index (χ0v) is 14.0. The highest BCUT2D eigenvalue weighted by Gasteiger charge is 2.38. The van der Waals surface area contributed by atoms with Gasteiger partial charge in [-0.2, -0.15) is 4.31 Å². The molecule has 4 nitrogen and oxygen atoms in total. The summed E-state index contributed by atoms with van der Waals surface area (Å²) in [6.07, 6.45) is 6.22. The van der Waals surface area contributed by atoms with E-state index < -0.39 is 10.0 Å². The van der Waals surface area contributed by atoms with Crippen molar-refractivity contribution in [2.75, 3.05) is 18.8 Å². The predicted octanol–water partition coefficient (Wildman–Crippen LogP) is 2.36. The normalized spacial score (nSPS) is 29.8. The number of piperidine rings is 1. The molecule has 2 aliphatic heterocycles. The first-order chi connectivity index (χ1) is 9.30. The minimum atomic E-state index is -3.11. The highest BCUT2D eigenvalue weighted by Crippen LogP contribution is 2.28. The maximum absolute atomic E-state index is 12.7. The van der Waals surface area contributed by atoms with Gasteiger partial charge in [-0.1, -0.05) is 27.2 Å². The molecule has 2 rings (SSSR count). The molecule has 2 unspecified atom stereocenters. The Kier molecular flexibility index (Phi) is 5.14. The lowest BCUT2D eigenvalue weighted by Gasteiger charge is -2.38. The molecule has 0 aliphatic carbocycles. The van der Waals surface area contributed by atoms with Crippen LogP contribution < -0.4 is 5.32 Å². The van der Waals surface area contributed by atoms with E-state index in [1.54, 1.807) is 0 Å². The maximum Gasteiger partial charge on any atom is 0.214 e. The largest absolute Gasteiger partial charge is 0.312 e. The van der Waals surface area contributed by atoms with Gasteiger partial charge in [0.25, 0.3) is 0 Å². The lowest BCUT2D eigenvalue weighted by Crippen LogP contribution is -2.53. The van der Waals surface area contributed by atoms with Gasteiger partial charge in [0, 0.05) is 18.6 Å². The van der Waals surface area contributed by atoms with Gasteiger partial charge in [0.1, 0.15) is 0 Å². The number of rotatable bonds is 4. The van der Waals surface area contributed by atoms with Gasteiger partial charge >= 0.3 is 0 Å². The van der Waals surface area contributed by atoms with E-state index in [0.29, 0.717) is 11.8 Å². The second-order valence-electron chi connectivity index (χ2n) is 7.50. The second-order valence-corrected chi connectivity index (χ2v) is 9.54. The van der Waals surface area contributed by atoms with Crippen LogP contribution in [0.15, 0.2) is 0 Å². The summed E-state index contributed by atoms with van der Waals surface area (Å²) >= 11 is 0. The van der Waals surface area contributed by atoms with Gasteiger partial charge in [-0.3, -0.25) is 0 Å². The minimum absolute atomic E-state index is 0.0734. The van der Waals surface area contributed by atoms with Gasteiger partial charge < -0.3 is 5.32 Å². The number of nitrogens with one attached hydrogen (secondary N) is 1. The molecule has 2 atom stereocenters. The van der Waals surface area contributed by atoms with E-state index >= 15 is 0 Å². The quantitative estimate of drug-likeness (QED) is 0.867. The van der Waals surface area contributed by atoms with Crippen molar-refractivity contribution in [2.45, 2.75) is 71.4 Å². The van der Waals surface area contributed by atoms with Crippen LogP contribution >= 0.6 is 0 Å². The number of sulfonamides is 1. The van der Waals surface area contributed by atoms with Crippen LogP contribution in [0.5, 0.6) is 0 Å².